The molecule has 3 nitrogen and oxygen atoms in total. The van der Waals surface area contributed by atoms with Crippen LogP contribution in [0.4, 0.5) is 0 Å². The van der Waals surface area contributed by atoms with Crippen molar-refractivity contribution in [2.75, 3.05) is 6.54 Å². The highest BCUT2D eigenvalue weighted by molar-refractivity contribution is 6.30. The van der Waals surface area contributed by atoms with Crippen molar-refractivity contribution in [3.63, 3.8) is 0 Å². The summed E-state index contributed by atoms with van der Waals surface area (Å²) in [4.78, 5) is 0. The fourth-order valence-corrected chi connectivity index (χ4v) is 2.49. The highest BCUT2D eigenvalue weighted by atomic mass is 28.2. The Kier molecular flexibility index (Phi) is 5.79. The molecule has 0 rings (SSSR count). The van der Waals surface area contributed by atoms with E-state index in [9.17, 15) is 0 Å². The van der Waals surface area contributed by atoms with Crippen LogP contribution in [0.5, 0.6) is 0 Å². The Morgan fingerprint density at radius 3 is 2.23 bits per heavy atom. The van der Waals surface area contributed by atoms with Gasteiger partial charge in [-0.3, -0.25) is 0 Å². The molecule has 0 spiro atoms. The van der Waals surface area contributed by atoms with Crippen LogP contribution in [0.15, 0.2) is 0 Å². The molecule has 0 saturated carbocycles. The molecule has 0 aromatic heterocycles. The van der Waals surface area contributed by atoms with Gasteiger partial charge in [0, 0.05) is 11.6 Å². The van der Waals surface area contributed by atoms with Crippen molar-refractivity contribution in [2.24, 2.45) is 11.5 Å². The van der Waals surface area contributed by atoms with Crippen molar-refractivity contribution < 1.29 is 4.43 Å². The van der Waals surface area contributed by atoms with Gasteiger partial charge in [-0.2, -0.15) is 0 Å². The van der Waals surface area contributed by atoms with Crippen molar-refractivity contribution in [1.82, 2.24) is 0 Å². The smallest absolute Gasteiger partial charge is 0.166 e. The zero-order valence-electron chi connectivity index (χ0n) is 9.34. The second-order valence-corrected chi connectivity index (χ2v) is 6.29. The minimum Gasteiger partial charge on any atom is -0.419 e. The van der Waals surface area contributed by atoms with E-state index < -0.39 is 9.76 Å². The molecule has 80 valence electrons. The Bertz CT molecular complexity index is 134. The molecule has 0 aliphatic heterocycles. The van der Waals surface area contributed by atoms with E-state index in [0.29, 0.717) is 12.1 Å². The summed E-state index contributed by atoms with van der Waals surface area (Å²) >= 11 is 0. The van der Waals surface area contributed by atoms with Crippen LogP contribution in [-0.2, 0) is 4.43 Å². The van der Waals surface area contributed by atoms with E-state index >= 15 is 0 Å². The molecule has 0 aromatic carbocycles. The van der Waals surface area contributed by atoms with Gasteiger partial charge in [0.05, 0.1) is 0 Å². The first-order valence-corrected chi connectivity index (χ1v) is 6.36. The molecule has 0 aromatic rings. The van der Waals surface area contributed by atoms with Gasteiger partial charge in [0.15, 0.2) is 9.76 Å². The predicted molar refractivity (Wildman–Crippen MR) is 60.5 cm³/mol. The lowest BCUT2D eigenvalue weighted by Crippen LogP contribution is -2.33. The lowest BCUT2D eigenvalue weighted by molar-refractivity contribution is 0.134. The van der Waals surface area contributed by atoms with Crippen LogP contribution in [0.1, 0.15) is 34.1 Å². The van der Waals surface area contributed by atoms with Gasteiger partial charge in [-0.15, -0.1) is 0 Å². The molecule has 2 atom stereocenters. The van der Waals surface area contributed by atoms with Crippen LogP contribution < -0.4 is 11.5 Å². The monoisotopic (exact) mass is 204 g/mol. The maximum absolute atomic E-state index is 5.85. The fourth-order valence-electron chi connectivity index (χ4n) is 1.07. The van der Waals surface area contributed by atoms with Crippen molar-refractivity contribution in [1.29, 1.82) is 0 Å². The van der Waals surface area contributed by atoms with Crippen LogP contribution in [0, 0.1) is 0 Å². The van der Waals surface area contributed by atoms with Gasteiger partial charge < -0.3 is 15.9 Å². The van der Waals surface area contributed by atoms with E-state index in [1.54, 1.807) is 0 Å². The largest absolute Gasteiger partial charge is 0.419 e. The Morgan fingerprint density at radius 1 is 1.38 bits per heavy atom. The highest BCUT2D eigenvalue weighted by Gasteiger charge is 2.18. The molecule has 0 radical (unpaired) electrons. The third-order valence-electron chi connectivity index (χ3n) is 2.01. The highest BCUT2D eigenvalue weighted by Crippen LogP contribution is 2.16. The molecule has 13 heavy (non-hydrogen) atoms. The number of nitrogens with two attached hydrogens (primary N) is 2. The van der Waals surface area contributed by atoms with Crippen LogP contribution in [0.3, 0.4) is 0 Å². The Labute approximate surface area is 84.1 Å². The Hall–Kier alpha value is 0.0969. The Morgan fingerprint density at radius 2 is 1.92 bits per heavy atom. The van der Waals surface area contributed by atoms with E-state index in [1.807, 2.05) is 6.92 Å². The fraction of sp³-hybridized carbons (Fsp3) is 1.00. The SMILES string of the molecule is CC(N)C(CCN)[SiH2]OC(C)(C)C. The normalized spacial score (nSPS) is 18.0. The van der Waals surface area contributed by atoms with Gasteiger partial charge in [0.1, 0.15) is 0 Å². The molecule has 0 aliphatic rings. The molecule has 4 heteroatoms. The molecule has 0 fully saturated rings. The minimum absolute atomic E-state index is 0.0199. The summed E-state index contributed by atoms with van der Waals surface area (Å²) in [5.41, 5.74) is 11.9. The predicted octanol–water partition coefficient (Wildman–Crippen LogP) is 0.370. The summed E-state index contributed by atoms with van der Waals surface area (Å²) in [6.45, 7) is 9.01. The minimum atomic E-state index is -0.542. The van der Waals surface area contributed by atoms with Crippen molar-refractivity contribution in [3.05, 3.63) is 0 Å². The summed E-state index contributed by atoms with van der Waals surface area (Å²) in [6, 6.07) is 0.220. The summed E-state index contributed by atoms with van der Waals surface area (Å²) < 4.78 is 5.81. The molecular weight excluding hydrogens is 180 g/mol. The number of hydrogen-bond donors (Lipinski definition) is 2. The summed E-state index contributed by atoms with van der Waals surface area (Å²) in [7, 11) is -0.542. The van der Waals surface area contributed by atoms with Crippen LogP contribution >= 0.6 is 0 Å². The molecule has 0 bridgehead atoms. The van der Waals surface area contributed by atoms with E-state index in [-0.39, 0.29) is 11.6 Å². The molecular formula is C9H24N2OSi. The van der Waals surface area contributed by atoms with Gasteiger partial charge in [0.2, 0.25) is 0 Å². The van der Waals surface area contributed by atoms with Crippen LogP contribution in [0.25, 0.3) is 0 Å². The maximum Gasteiger partial charge on any atom is 0.166 e. The lowest BCUT2D eigenvalue weighted by Gasteiger charge is -2.26. The van der Waals surface area contributed by atoms with E-state index in [1.165, 1.54) is 0 Å². The van der Waals surface area contributed by atoms with Gasteiger partial charge in [-0.25, -0.2) is 0 Å². The third-order valence-corrected chi connectivity index (χ3v) is 4.62. The van der Waals surface area contributed by atoms with E-state index in [0.717, 1.165) is 6.42 Å². The Balaban J connectivity index is 3.82. The summed E-state index contributed by atoms with van der Waals surface area (Å²) in [6.07, 6.45) is 1.000. The van der Waals surface area contributed by atoms with Crippen molar-refractivity contribution >= 4 is 9.76 Å². The molecule has 0 saturated heterocycles. The van der Waals surface area contributed by atoms with Gasteiger partial charge >= 0.3 is 0 Å². The maximum atomic E-state index is 5.85. The second kappa shape index (κ2) is 5.75. The summed E-state index contributed by atoms with van der Waals surface area (Å²) in [5, 5.41) is 0. The standard InChI is InChI=1S/C9H24N2OSi/c1-7(11)8(5-6-10)13-12-9(2,3)4/h7-8H,5-6,10-11,13H2,1-4H3. The first-order chi connectivity index (χ1) is 5.87. The van der Waals surface area contributed by atoms with Crippen molar-refractivity contribution in [2.45, 2.75) is 51.3 Å². The number of hydrogen-bond acceptors (Lipinski definition) is 3. The molecule has 0 aliphatic carbocycles. The van der Waals surface area contributed by atoms with E-state index in [2.05, 4.69) is 20.8 Å². The van der Waals surface area contributed by atoms with Gasteiger partial charge in [0.25, 0.3) is 0 Å². The van der Waals surface area contributed by atoms with E-state index in [4.69, 9.17) is 15.9 Å². The van der Waals surface area contributed by atoms with Crippen LogP contribution in [-0.4, -0.2) is 28.0 Å². The molecule has 4 N–H and O–H groups in total. The average molecular weight is 204 g/mol. The topological polar surface area (TPSA) is 61.3 Å². The quantitative estimate of drug-likeness (QED) is 0.636. The zero-order chi connectivity index (χ0) is 10.5. The third kappa shape index (κ3) is 7.19. The summed E-state index contributed by atoms with van der Waals surface area (Å²) in [5.74, 6) is 0. The molecule has 0 heterocycles. The first-order valence-electron chi connectivity index (χ1n) is 4.96. The van der Waals surface area contributed by atoms with Gasteiger partial charge in [-0.1, -0.05) is 0 Å². The second-order valence-electron chi connectivity index (χ2n) is 4.62. The number of rotatable bonds is 5. The first kappa shape index (κ1) is 13.1. The van der Waals surface area contributed by atoms with Crippen molar-refractivity contribution in [3.8, 4) is 0 Å². The van der Waals surface area contributed by atoms with Gasteiger partial charge in [-0.05, 0) is 46.2 Å². The van der Waals surface area contributed by atoms with Crippen LogP contribution in [0.2, 0.25) is 5.54 Å². The zero-order valence-corrected chi connectivity index (χ0v) is 10.8. The molecule has 0 amide bonds. The lowest BCUT2D eigenvalue weighted by atomic mass is 10.2. The average Bonchev–Trinajstić information content (AvgIpc) is 1.95. The molecule has 2 unspecified atom stereocenters.